The molecule has 0 saturated carbocycles. The van der Waals surface area contributed by atoms with Gasteiger partial charge in [0.1, 0.15) is 11.0 Å². The fourth-order valence-corrected chi connectivity index (χ4v) is 2.98. The number of nitrogens with one attached hydrogen (secondary N) is 1. The van der Waals surface area contributed by atoms with Gasteiger partial charge >= 0.3 is 0 Å². The summed E-state index contributed by atoms with van der Waals surface area (Å²) in [7, 11) is -1.33. The van der Waals surface area contributed by atoms with Crippen LogP contribution in [0.2, 0.25) is 0 Å². The van der Waals surface area contributed by atoms with Crippen LogP contribution in [-0.4, -0.2) is 14.9 Å². The van der Waals surface area contributed by atoms with Crippen LogP contribution in [0.3, 0.4) is 0 Å². The van der Waals surface area contributed by atoms with Gasteiger partial charge in [-0.15, -0.1) is 0 Å². The van der Waals surface area contributed by atoms with Crippen LogP contribution in [0, 0.1) is 6.92 Å². The number of aryl methyl sites for hydroxylation is 1. The molecule has 18 heavy (non-hydrogen) atoms. The second-order valence-corrected chi connectivity index (χ2v) is 7.36. The quantitative estimate of drug-likeness (QED) is 0.886. The Kier molecular flexibility index (Phi) is 4.36. The third kappa shape index (κ3) is 4.19. The number of hydrogen-bond acceptors (Lipinski definition) is 2. The van der Waals surface area contributed by atoms with Crippen LogP contribution in [-0.2, 0) is 16.6 Å². The number of benzene rings is 1. The van der Waals surface area contributed by atoms with Crippen molar-refractivity contribution in [1.82, 2.24) is 4.72 Å². The van der Waals surface area contributed by atoms with Crippen molar-refractivity contribution in [1.29, 1.82) is 0 Å². The molecule has 0 heterocycles. The lowest BCUT2D eigenvalue weighted by Gasteiger charge is -2.25. The van der Waals surface area contributed by atoms with Crippen molar-refractivity contribution in [2.45, 2.75) is 57.6 Å². The zero-order chi connectivity index (χ0) is 14.1. The predicted octanol–water partition coefficient (Wildman–Crippen LogP) is 2.63. The van der Waals surface area contributed by atoms with Crippen LogP contribution in [0.1, 0.15) is 45.7 Å². The van der Waals surface area contributed by atoms with E-state index < -0.39 is 16.6 Å². The lowest BCUT2D eigenvalue weighted by molar-refractivity contribution is 0.0755. The van der Waals surface area contributed by atoms with Gasteiger partial charge in [0.25, 0.3) is 0 Å². The van der Waals surface area contributed by atoms with Crippen molar-refractivity contribution < 1.29 is 9.32 Å². The largest absolute Gasteiger partial charge is 0.386 e. The van der Waals surface area contributed by atoms with Gasteiger partial charge in [-0.2, -0.15) is 0 Å². The zero-order valence-corrected chi connectivity index (χ0v) is 12.8. The molecular formula is C14H23NO2S. The fraction of sp³-hybridized carbons (Fsp3) is 0.571. The SMILES string of the molecule is Cc1ccc(S(=O)NC(C)(C)C)c(C(C)(C)O)c1. The lowest BCUT2D eigenvalue weighted by atomic mass is 9.97. The zero-order valence-electron chi connectivity index (χ0n) is 12.0. The van der Waals surface area contributed by atoms with Crippen molar-refractivity contribution in [2.75, 3.05) is 0 Å². The van der Waals surface area contributed by atoms with Crippen LogP contribution < -0.4 is 4.72 Å². The summed E-state index contributed by atoms with van der Waals surface area (Å²) in [6, 6.07) is 5.61. The molecule has 3 nitrogen and oxygen atoms in total. The molecule has 1 atom stereocenters. The first-order valence-electron chi connectivity index (χ1n) is 6.04. The molecule has 102 valence electrons. The van der Waals surface area contributed by atoms with Gasteiger partial charge in [0, 0.05) is 11.1 Å². The molecule has 1 unspecified atom stereocenters. The first kappa shape index (κ1) is 15.3. The maximum absolute atomic E-state index is 12.3. The highest BCUT2D eigenvalue weighted by molar-refractivity contribution is 7.83. The van der Waals surface area contributed by atoms with Gasteiger partial charge in [-0.05, 0) is 47.6 Å². The molecule has 0 radical (unpaired) electrons. The van der Waals surface area contributed by atoms with Crippen molar-refractivity contribution in [3.63, 3.8) is 0 Å². The molecule has 1 rings (SSSR count). The molecule has 1 aromatic carbocycles. The Labute approximate surface area is 112 Å². The van der Waals surface area contributed by atoms with E-state index in [1.165, 1.54) is 0 Å². The molecule has 1 aromatic rings. The third-order valence-corrected chi connectivity index (χ3v) is 3.95. The Hall–Kier alpha value is -0.710. The van der Waals surface area contributed by atoms with Crippen LogP contribution in [0.15, 0.2) is 23.1 Å². The summed E-state index contributed by atoms with van der Waals surface area (Å²) in [5.41, 5.74) is 0.504. The van der Waals surface area contributed by atoms with E-state index >= 15 is 0 Å². The van der Waals surface area contributed by atoms with E-state index in [-0.39, 0.29) is 5.54 Å². The van der Waals surface area contributed by atoms with Gasteiger partial charge in [0.2, 0.25) is 0 Å². The summed E-state index contributed by atoms with van der Waals surface area (Å²) in [6.45, 7) is 11.3. The van der Waals surface area contributed by atoms with Crippen LogP contribution in [0.25, 0.3) is 0 Å². The molecular weight excluding hydrogens is 246 g/mol. The third-order valence-electron chi connectivity index (χ3n) is 2.39. The maximum Gasteiger partial charge on any atom is 0.125 e. The molecule has 0 aliphatic rings. The van der Waals surface area contributed by atoms with E-state index in [4.69, 9.17) is 0 Å². The Morgan fingerprint density at radius 1 is 1.17 bits per heavy atom. The summed E-state index contributed by atoms with van der Waals surface area (Å²) < 4.78 is 15.4. The Morgan fingerprint density at radius 2 is 1.72 bits per heavy atom. The van der Waals surface area contributed by atoms with E-state index in [0.29, 0.717) is 10.5 Å². The highest BCUT2D eigenvalue weighted by Crippen LogP contribution is 2.27. The Morgan fingerprint density at radius 3 is 2.17 bits per heavy atom. The average Bonchev–Trinajstić information content (AvgIpc) is 2.13. The van der Waals surface area contributed by atoms with Crippen molar-refractivity contribution in [3.05, 3.63) is 29.3 Å². The average molecular weight is 269 g/mol. The highest BCUT2D eigenvalue weighted by Gasteiger charge is 2.24. The normalized spacial score (nSPS) is 14.6. The van der Waals surface area contributed by atoms with Crippen molar-refractivity contribution in [2.24, 2.45) is 0 Å². The van der Waals surface area contributed by atoms with E-state index in [9.17, 15) is 9.32 Å². The Balaban J connectivity index is 3.21. The molecule has 0 aromatic heterocycles. The molecule has 0 spiro atoms. The van der Waals surface area contributed by atoms with Crippen LogP contribution in [0.4, 0.5) is 0 Å². The van der Waals surface area contributed by atoms with Gasteiger partial charge in [-0.1, -0.05) is 17.7 Å². The molecule has 4 heteroatoms. The molecule has 0 amide bonds. The Bertz CT molecular complexity index is 456. The van der Waals surface area contributed by atoms with E-state index in [2.05, 4.69) is 4.72 Å². The summed E-state index contributed by atoms with van der Waals surface area (Å²) >= 11 is 0. The van der Waals surface area contributed by atoms with Crippen molar-refractivity contribution >= 4 is 11.0 Å². The minimum Gasteiger partial charge on any atom is -0.386 e. The highest BCUT2D eigenvalue weighted by atomic mass is 32.2. The molecule has 0 bridgehead atoms. The van der Waals surface area contributed by atoms with Gasteiger partial charge < -0.3 is 5.11 Å². The topological polar surface area (TPSA) is 49.3 Å². The number of hydrogen-bond donors (Lipinski definition) is 2. The first-order chi connectivity index (χ1) is 8.00. The monoisotopic (exact) mass is 269 g/mol. The smallest absolute Gasteiger partial charge is 0.125 e. The molecule has 2 N–H and O–H groups in total. The van der Waals surface area contributed by atoms with Crippen molar-refractivity contribution in [3.8, 4) is 0 Å². The first-order valence-corrected chi connectivity index (χ1v) is 7.19. The summed E-state index contributed by atoms with van der Waals surface area (Å²) in [5, 5.41) is 10.2. The van der Waals surface area contributed by atoms with Crippen LogP contribution in [0.5, 0.6) is 0 Å². The van der Waals surface area contributed by atoms with E-state index in [0.717, 1.165) is 5.56 Å². The lowest BCUT2D eigenvalue weighted by Crippen LogP contribution is -2.38. The maximum atomic E-state index is 12.3. The molecule has 0 aliphatic heterocycles. The molecule has 0 aliphatic carbocycles. The fourth-order valence-electron chi connectivity index (χ4n) is 1.62. The summed E-state index contributed by atoms with van der Waals surface area (Å²) in [5.74, 6) is 0. The second kappa shape index (κ2) is 5.11. The van der Waals surface area contributed by atoms with Crippen LogP contribution >= 0.6 is 0 Å². The minimum absolute atomic E-state index is 0.243. The number of rotatable bonds is 3. The standard InChI is InChI=1S/C14H23NO2S/c1-10-7-8-12(11(9-10)14(5,6)16)18(17)15-13(2,3)4/h7-9,15-16H,1-6H3. The summed E-state index contributed by atoms with van der Waals surface area (Å²) in [4.78, 5) is 0.642. The minimum atomic E-state index is -1.33. The van der Waals surface area contributed by atoms with Gasteiger partial charge in [-0.3, -0.25) is 0 Å². The number of aliphatic hydroxyl groups is 1. The molecule has 0 fully saturated rings. The predicted molar refractivity (Wildman–Crippen MR) is 75.7 cm³/mol. The van der Waals surface area contributed by atoms with Gasteiger partial charge in [-0.25, -0.2) is 8.93 Å². The van der Waals surface area contributed by atoms with E-state index in [1.807, 2.05) is 45.9 Å². The van der Waals surface area contributed by atoms with Gasteiger partial charge in [0.05, 0.1) is 10.5 Å². The van der Waals surface area contributed by atoms with Gasteiger partial charge in [0.15, 0.2) is 0 Å². The van der Waals surface area contributed by atoms with E-state index in [1.54, 1.807) is 13.8 Å². The second-order valence-electron chi connectivity index (χ2n) is 6.18. The molecule has 0 saturated heterocycles. The summed E-state index contributed by atoms with van der Waals surface area (Å²) in [6.07, 6.45) is 0.